The van der Waals surface area contributed by atoms with Crippen molar-refractivity contribution in [3.8, 4) is 0 Å². The molecule has 1 aliphatic carbocycles. The highest BCUT2D eigenvalue weighted by Gasteiger charge is 2.25. The second kappa shape index (κ2) is 7.58. The first kappa shape index (κ1) is 16.0. The molecule has 0 aromatic heterocycles. The molecule has 0 bridgehead atoms. The number of hydrogen-bond donors (Lipinski definition) is 1. The van der Waals surface area contributed by atoms with Gasteiger partial charge in [-0.25, -0.2) is 0 Å². The van der Waals surface area contributed by atoms with Crippen LogP contribution in [0.25, 0.3) is 0 Å². The first-order valence-corrected chi connectivity index (χ1v) is 8.51. The third-order valence-corrected chi connectivity index (χ3v) is 5.11. The summed E-state index contributed by atoms with van der Waals surface area (Å²) in [5, 5.41) is 10.3. The van der Waals surface area contributed by atoms with E-state index in [0.29, 0.717) is 6.04 Å². The Morgan fingerprint density at radius 3 is 2.80 bits per heavy atom. The molecule has 0 aliphatic heterocycles. The Labute approximate surface area is 131 Å². The number of hydrogen-bond acceptors (Lipinski definition) is 2. The fourth-order valence-corrected chi connectivity index (χ4v) is 3.74. The van der Waals surface area contributed by atoms with Crippen molar-refractivity contribution in [3.05, 3.63) is 34.3 Å². The maximum Gasteiger partial charge on any atom is 0.0802 e. The summed E-state index contributed by atoms with van der Waals surface area (Å²) in [7, 11) is 2.21. The number of aliphatic hydroxyl groups is 1. The molecule has 20 heavy (non-hydrogen) atoms. The van der Waals surface area contributed by atoms with Crippen molar-refractivity contribution in [2.75, 3.05) is 13.6 Å². The minimum atomic E-state index is -0.367. The van der Waals surface area contributed by atoms with Crippen LogP contribution in [0.15, 0.2) is 28.7 Å². The van der Waals surface area contributed by atoms with Gasteiger partial charge in [-0.15, -0.1) is 0 Å². The van der Waals surface area contributed by atoms with Gasteiger partial charge in [0, 0.05) is 17.1 Å². The van der Waals surface area contributed by atoms with Crippen LogP contribution in [0.3, 0.4) is 0 Å². The minimum Gasteiger partial charge on any atom is -0.388 e. The fourth-order valence-electron chi connectivity index (χ4n) is 3.32. The Morgan fingerprint density at radius 1 is 1.35 bits per heavy atom. The molecule has 0 radical (unpaired) electrons. The SMILES string of the molecule is CC1CCCCC1N(C)CCC(O)c1cccc(Br)c1. The Bertz CT molecular complexity index is 423. The Kier molecular flexibility index (Phi) is 6.06. The molecule has 3 atom stereocenters. The first-order valence-electron chi connectivity index (χ1n) is 7.71. The van der Waals surface area contributed by atoms with Crippen LogP contribution in [0, 0.1) is 5.92 Å². The van der Waals surface area contributed by atoms with E-state index >= 15 is 0 Å². The standard InChI is InChI=1S/C17H26BrNO/c1-13-6-3-4-9-16(13)19(2)11-10-17(20)14-7-5-8-15(18)12-14/h5,7-8,12-13,16-17,20H,3-4,6,9-11H2,1-2H3. The van der Waals surface area contributed by atoms with Crippen LogP contribution in [0.4, 0.5) is 0 Å². The Balaban J connectivity index is 1.84. The van der Waals surface area contributed by atoms with Crippen LogP contribution in [0.1, 0.15) is 50.7 Å². The lowest BCUT2D eigenvalue weighted by atomic mass is 9.85. The summed E-state index contributed by atoms with van der Waals surface area (Å²) in [5.41, 5.74) is 1.00. The van der Waals surface area contributed by atoms with Crippen molar-refractivity contribution in [2.24, 2.45) is 5.92 Å². The van der Waals surface area contributed by atoms with Crippen LogP contribution in [-0.4, -0.2) is 29.6 Å². The normalized spacial score (nSPS) is 24.9. The third kappa shape index (κ3) is 4.31. The van der Waals surface area contributed by atoms with Crippen molar-refractivity contribution < 1.29 is 5.11 Å². The van der Waals surface area contributed by atoms with Crippen molar-refractivity contribution in [3.63, 3.8) is 0 Å². The van der Waals surface area contributed by atoms with Crippen molar-refractivity contribution in [2.45, 2.75) is 51.2 Å². The molecule has 1 N–H and O–H groups in total. The smallest absolute Gasteiger partial charge is 0.0802 e. The van der Waals surface area contributed by atoms with Gasteiger partial charge in [0.15, 0.2) is 0 Å². The molecular formula is C17H26BrNO. The predicted molar refractivity (Wildman–Crippen MR) is 87.8 cm³/mol. The summed E-state index contributed by atoms with van der Waals surface area (Å²) >= 11 is 3.46. The van der Waals surface area contributed by atoms with Gasteiger partial charge in [0.05, 0.1) is 6.10 Å². The van der Waals surface area contributed by atoms with E-state index in [1.165, 1.54) is 25.7 Å². The van der Waals surface area contributed by atoms with E-state index < -0.39 is 0 Å². The zero-order valence-corrected chi connectivity index (χ0v) is 14.1. The van der Waals surface area contributed by atoms with E-state index in [4.69, 9.17) is 0 Å². The Hall–Kier alpha value is -0.380. The average Bonchev–Trinajstić information content (AvgIpc) is 2.45. The van der Waals surface area contributed by atoms with Gasteiger partial charge in [-0.3, -0.25) is 0 Å². The predicted octanol–water partition coefficient (Wildman–Crippen LogP) is 4.38. The van der Waals surface area contributed by atoms with E-state index in [1.807, 2.05) is 24.3 Å². The molecule has 1 fully saturated rings. The number of benzene rings is 1. The lowest BCUT2D eigenvalue weighted by Crippen LogP contribution is -2.39. The van der Waals surface area contributed by atoms with Gasteiger partial charge < -0.3 is 10.0 Å². The van der Waals surface area contributed by atoms with E-state index in [-0.39, 0.29) is 6.10 Å². The van der Waals surface area contributed by atoms with Gasteiger partial charge in [0.1, 0.15) is 0 Å². The molecule has 1 aromatic rings. The molecule has 0 heterocycles. The van der Waals surface area contributed by atoms with Gasteiger partial charge in [0.25, 0.3) is 0 Å². The van der Waals surface area contributed by atoms with Crippen molar-refractivity contribution in [1.82, 2.24) is 4.90 Å². The highest BCUT2D eigenvalue weighted by Crippen LogP contribution is 2.28. The number of rotatable bonds is 5. The van der Waals surface area contributed by atoms with Gasteiger partial charge >= 0.3 is 0 Å². The second-order valence-corrected chi connectivity index (χ2v) is 7.08. The van der Waals surface area contributed by atoms with E-state index in [9.17, 15) is 5.11 Å². The number of aliphatic hydroxyl groups excluding tert-OH is 1. The van der Waals surface area contributed by atoms with Crippen LogP contribution in [0.2, 0.25) is 0 Å². The molecule has 2 nitrogen and oxygen atoms in total. The molecule has 1 saturated carbocycles. The Morgan fingerprint density at radius 2 is 2.10 bits per heavy atom. The monoisotopic (exact) mass is 339 g/mol. The number of halogens is 1. The zero-order chi connectivity index (χ0) is 14.5. The van der Waals surface area contributed by atoms with Crippen molar-refractivity contribution >= 4 is 15.9 Å². The highest BCUT2D eigenvalue weighted by atomic mass is 79.9. The summed E-state index contributed by atoms with van der Waals surface area (Å²) in [6.45, 7) is 3.33. The van der Waals surface area contributed by atoms with E-state index in [0.717, 1.165) is 28.9 Å². The lowest BCUT2D eigenvalue weighted by Gasteiger charge is -2.36. The van der Waals surface area contributed by atoms with Gasteiger partial charge in [-0.1, -0.05) is 47.8 Å². The second-order valence-electron chi connectivity index (χ2n) is 6.17. The summed E-state index contributed by atoms with van der Waals surface area (Å²) in [6, 6.07) is 8.67. The lowest BCUT2D eigenvalue weighted by molar-refractivity contribution is 0.103. The van der Waals surface area contributed by atoms with Crippen LogP contribution >= 0.6 is 15.9 Å². The zero-order valence-electron chi connectivity index (χ0n) is 12.6. The minimum absolute atomic E-state index is 0.367. The van der Waals surface area contributed by atoms with Gasteiger partial charge in [0.2, 0.25) is 0 Å². The summed E-state index contributed by atoms with van der Waals surface area (Å²) in [5.74, 6) is 0.789. The fraction of sp³-hybridized carbons (Fsp3) is 0.647. The summed E-state index contributed by atoms with van der Waals surface area (Å²) < 4.78 is 1.03. The molecule has 0 saturated heterocycles. The molecule has 1 aliphatic rings. The largest absolute Gasteiger partial charge is 0.388 e. The molecule has 112 valence electrons. The highest BCUT2D eigenvalue weighted by molar-refractivity contribution is 9.10. The van der Waals surface area contributed by atoms with Crippen LogP contribution < -0.4 is 0 Å². The third-order valence-electron chi connectivity index (χ3n) is 4.62. The maximum atomic E-state index is 10.3. The van der Waals surface area contributed by atoms with E-state index in [1.54, 1.807) is 0 Å². The van der Waals surface area contributed by atoms with Gasteiger partial charge in [-0.05, 0) is 49.9 Å². The maximum absolute atomic E-state index is 10.3. The molecule has 1 aromatic carbocycles. The van der Waals surface area contributed by atoms with Crippen LogP contribution in [-0.2, 0) is 0 Å². The quantitative estimate of drug-likeness (QED) is 0.860. The average molecular weight is 340 g/mol. The van der Waals surface area contributed by atoms with Crippen molar-refractivity contribution in [1.29, 1.82) is 0 Å². The molecule has 3 unspecified atom stereocenters. The molecule has 0 amide bonds. The topological polar surface area (TPSA) is 23.5 Å². The molecule has 3 heteroatoms. The number of nitrogens with zero attached hydrogens (tertiary/aromatic N) is 1. The summed E-state index contributed by atoms with van der Waals surface area (Å²) in [4.78, 5) is 2.45. The van der Waals surface area contributed by atoms with Crippen LogP contribution in [0.5, 0.6) is 0 Å². The molecule has 2 rings (SSSR count). The summed E-state index contributed by atoms with van der Waals surface area (Å²) in [6.07, 6.45) is 5.83. The molecular weight excluding hydrogens is 314 g/mol. The first-order chi connectivity index (χ1) is 9.58. The van der Waals surface area contributed by atoms with Gasteiger partial charge in [-0.2, -0.15) is 0 Å². The molecule has 0 spiro atoms. The van der Waals surface area contributed by atoms with E-state index in [2.05, 4.69) is 34.8 Å².